The van der Waals surface area contributed by atoms with Gasteiger partial charge in [-0.1, -0.05) is 34.6 Å². The number of hydrogen-bond donors (Lipinski definition) is 1. The van der Waals surface area contributed by atoms with Crippen molar-refractivity contribution in [2.45, 2.75) is 13.0 Å². The van der Waals surface area contributed by atoms with Crippen molar-refractivity contribution in [3.63, 3.8) is 0 Å². The molecule has 0 atom stereocenters. The first-order valence-corrected chi connectivity index (χ1v) is 8.15. The lowest BCUT2D eigenvalue weighted by atomic mass is 10.1. The molecule has 0 radical (unpaired) electrons. The van der Waals surface area contributed by atoms with E-state index in [-0.39, 0.29) is 31.0 Å². The van der Waals surface area contributed by atoms with Crippen LogP contribution in [0.3, 0.4) is 0 Å². The van der Waals surface area contributed by atoms with Gasteiger partial charge in [0.25, 0.3) is 5.56 Å². The fraction of sp³-hybridized carbons (Fsp3) is 0.167. The highest BCUT2D eigenvalue weighted by Gasteiger charge is 2.12. The Bertz CT molecular complexity index is 1150. The number of fused-ring (bicyclic) bond motifs is 2. The second-order valence-electron chi connectivity index (χ2n) is 5.79. The van der Waals surface area contributed by atoms with E-state index in [9.17, 15) is 9.59 Å². The zero-order chi connectivity index (χ0) is 17.9. The standard InChI is InChI=1S/C18H15N5O3/c24-17(11-15-12-5-2-4-8-16(12)26-21-15)19-9-10-23-18(25)13-6-1-3-7-14(13)20-22-23/h1-8H,9-11H2,(H,19,24). The maximum absolute atomic E-state index is 12.3. The SMILES string of the molecule is O=C(Cc1noc2ccccc12)NCCn1nnc2ccccc2c1=O. The molecular formula is C18H15N5O3. The Hall–Kier alpha value is -3.55. The summed E-state index contributed by atoms with van der Waals surface area (Å²) in [5.74, 6) is -0.203. The molecule has 0 bridgehead atoms. The van der Waals surface area contributed by atoms with Crippen LogP contribution < -0.4 is 10.9 Å². The summed E-state index contributed by atoms with van der Waals surface area (Å²) in [6, 6.07) is 14.4. The second-order valence-corrected chi connectivity index (χ2v) is 5.79. The highest BCUT2D eigenvalue weighted by Crippen LogP contribution is 2.17. The van der Waals surface area contributed by atoms with Gasteiger partial charge < -0.3 is 9.84 Å². The summed E-state index contributed by atoms with van der Waals surface area (Å²) >= 11 is 0. The van der Waals surface area contributed by atoms with E-state index in [1.165, 1.54) is 4.68 Å². The third kappa shape index (κ3) is 3.04. The molecule has 0 aliphatic heterocycles. The maximum Gasteiger partial charge on any atom is 0.277 e. The topological polar surface area (TPSA) is 103 Å². The van der Waals surface area contributed by atoms with Crippen LogP contribution >= 0.6 is 0 Å². The van der Waals surface area contributed by atoms with Gasteiger partial charge in [0.2, 0.25) is 5.91 Å². The second kappa shape index (κ2) is 6.75. The molecular weight excluding hydrogens is 334 g/mol. The molecule has 0 unspecified atom stereocenters. The average molecular weight is 349 g/mol. The van der Waals surface area contributed by atoms with Gasteiger partial charge in [0.05, 0.1) is 18.4 Å². The van der Waals surface area contributed by atoms with Gasteiger partial charge in [0.15, 0.2) is 5.58 Å². The number of para-hydroxylation sites is 1. The summed E-state index contributed by atoms with van der Waals surface area (Å²) in [6.07, 6.45) is 0.106. The number of aromatic nitrogens is 4. The third-order valence-corrected chi connectivity index (χ3v) is 4.06. The molecule has 26 heavy (non-hydrogen) atoms. The number of nitrogens with zero attached hydrogens (tertiary/aromatic N) is 4. The number of benzene rings is 2. The van der Waals surface area contributed by atoms with Crippen molar-refractivity contribution < 1.29 is 9.32 Å². The number of amides is 1. The van der Waals surface area contributed by atoms with Gasteiger partial charge in [-0.15, -0.1) is 5.10 Å². The molecule has 8 nitrogen and oxygen atoms in total. The van der Waals surface area contributed by atoms with Crippen LogP contribution in [0.5, 0.6) is 0 Å². The van der Waals surface area contributed by atoms with Crippen LogP contribution in [0.1, 0.15) is 5.69 Å². The zero-order valence-electron chi connectivity index (χ0n) is 13.8. The average Bonchev–Trinajstić information content (AvgIpc) is 3.07. The Morgan fingerprint density at radius 1 is 1.08 bits per heavy atom. The van der Waals surface area contributed by atoms with E-state index < -0.39 is 0 Å². The van der Waals surface area contributed by atoms with Crippen LogP contribution in [0.25, 0.3) is 21.9 Å². The highest BCUT2D eigenvalue weighted by molar-refractivity contribution is 5.86. The monoisotopic (exact) mass is 349 g/mol. The van der Waals surface area contributed by atoms with Crippen LogP contribution in [0.4, 0.5) is 0 Å². The number of nitrogens with one attached hydrogen (secondary N) is 1. The van der Waals surface area contributed by atoms with E-state index in [2.05, 4.69) is 20.8 Å². The van der Waals surface area contributed by atoms with Crippen LogP contribution in [0.15, 0.2) is 57.8 Å². The largest absolute Gasteiger partial charge is 0.356 e. The lowest BCUT2D eigenvalue weighted by molar-refractivity contribution is -0.120. The van der Waals surface area contributed by atoms with E-state index in [0.717, 1.165) is 5.39 Å². The third-order valence-electron chi connectivity index (χ3n) is 4.06. The van der Waals surface area contributed by atoms with Crippen molar-refractivity contribution in [2.75, 3.05) is 6.54 Å². The molecule has 130 valence electrons. The van der Waals surface area contributed by atoms with Crippen LogP contribution in [0, 0.1) is 0 Å². The molecule has 4 rings (SSSR count). The van der Waals surface area contributed by atoms with Crippen LogP contribution in [-0.2, 0) is 17.8 Å². The molecule has 1 N–H and O–H groups in total. The number of carbonyl (C=O) groups excluding carboxylic acids is 1. The van der Waals surface area contributed by atoms with Crippen LogP contribution in [0.2, 0.25) is 0 Å². The molecule has 4 aromatic rings. The first-order chi connectivity index (χ1) is 12.7. The van der Waals surface area contributed by atoms with Crippen molar-refractivity contribution in [3.05, 3.63) is 64.6 Å². The van der Waals surface area contributed by atoms with Gasteiger partial charge in [-0.2, -0.15) is 0 Å². The maximum atomic E-state index is 12.3. The molecule has 8 heteroatoms. The number of rotatable bonds is 5. The molecule has 0 fully saturated rings. The quantitative estimate of drug-likeness (QED) is 0.582. The summed E-state index contributed by atoms with van der Waals surface area (Å²) in [5, 5.41) is 15.9. The number of hydrogen-bond acceptors (Lipinski definition) is 6. The van der Waals surface area contributed by atoms with Gasteiger partial charge in [-0.05, 0) is 24.3 Å². The zero-order valence-corrected chi connectivity index (χ0v) is 13.8. The van der Waals surface area contributed by atoms with Gasteiger partial charge >= 0.3 is 0 Å². The van der Waals surface area contributed by atoms with E-state index in [4.69, 9.17) is 4.52 Å². The Balaban J connectivity index is 1.39. The molecule has 2 aromatic carbocycles. The van der Waals surface area contributed by atoms with Crippen molar-refractivity contribution >= 4 is 27.8 Å². The minimum Gasteiger partial charge on any atom is -0.356 e. The normalized spacial score (nSPS) is 11.1. The molecule has 1 amide bonds. The molecule has 0 aliphatic rings. The molecule has 2 aromatic heterocycles. The van der Waals surface area contributed by atoms with E-state index in [1.807, 2.05) is 18.2 Å². The van der Waals surface area contributed by atoms with Crippen molar-refractivity contribution in [3.8, 4) is 0 Å². The lowest BCUT2D eigenvalue weighted by Gasteiger charge is -2.06. The summed E-state index contributed by atoms with van der Waals surface area (Å²) in [7, 11) is 0. The fourth-order valence-corrected chi connectivity index (χ4v) is 2.75. The predicted molar refractivity (Wildman–Crippen MR) is 94.5 cm³/mol. The molecule has 0 saturated heterocycles. The molecule has 0 aliphatic carbocycles. The Labute approximate surface area is 147 Å². The van der Waals surface area contributed by atoms with E-state index >= 15 is 0 Å². The minimum absolute atomic E-state index is 0.106. The lowest BCUT2D eigenvalue weighted by Crippen LogP contribution is -2.33. The summed E-state index contributed by atoms with van der Waals surface area (Å²) in [5.41, 5.74) is 1.55. The highest BCUT2D eigenvalue weighted by atomic mass is 16.5. The summed E-state index contributed by atoms with van der Waals surface area (Å²) < 4.78 is 6.43. The van der Waals surface area contributed by atoms with Crippen molar-refractivity contribution in [2.24, 2.45) is 0 Å². The van der Waals surface area contributed by atoms with Crippen molar-refractivity contribution in [1.82, 2.24) is 25.5 Å². The first kappa shape index (κ1) is 15.9. The van der Waals surface area contributed by atoms with Gasteiger partial charge in [0, 0.05) is 11.9 Å². The van der Waals surface area contributed by atoms with Gasteiger partial charge in [0.1, 0.15) is 11.2 Å². The molecule has 2 heterocycles. The van der Waals surface area contributed by atoms with Crippen LogP contribution in [-0.4, -0.2) is 32.6 Å². The Kier molecular flexibility index (Phi) is 4.14. The summed E-state index contributed by atoms with van der Waals surface area (Å²) in [6.45, 7) is 0.503. The van der Waals surface area contributed by atoms with E-state index in [0.29, 0.717) is 22.2 Å². The van der Waals surface area contributed by atoms with Gasteiger partial charge in [-0.3, -0.25) is 9.59 Å². The molecule has 0 spiro atoms. The molecule has 0 saturated carbocycles. The summed E-state index contributed by atoms with van der Waals surface area (Å²) in [4.78, 5) is 24.5. The number of carbonyl (C=O) groups is 1. The van der Waals surface area contributed by atoms with E-state index in [1.54, 1.807) is 30.3 Å². The predicted octanol–water partition coefficient (Wildman–Crippen LogP) is 1.29. The van der Waals surface area contributed by atoms with Crippen molar-refractivity contribution in [1.29, 1.82) is 0 Å². The first-order valence-electron chi connectivity index (χ1n) is 8.15. The fourth-order valence-electron chi connectivity index (χ4n) is 2.75. The van der Waals surface area contributed by atoms with Gasteiger partial charge in [-0.25, -0.2) is 4.68 Å². The smallest absolute Gasteiger partial charge is 0.277 e. The minimum atomic E-state index is -0.229. The Morgan fingerprint density at radius 3 is 2.73 bits per heavy atom. The Morgan fingerprint density at radius 2 is 1.85 bits per heavy atom.